The number of aliphatic hydroxyl groups is 1. The fourth-order valence-corrected chi connectivity index (χ4v) is 4.04. The lowest BCUT2D eigenvalue weighted by Crippen LogP contribution is -2.12. The summed E-state index contributed by atoms with van der Waals surface area (Å²) >= 11 is 5.88. The molecule has 0 aromatic heterocycles. The van der Waals surface area contributed by atoms with Crippen molar-refractivity contribution in [2.24, 2.45) is 0 Å². The highest BCUT2D eigenvalue weighted by Gasteiger charge is 2.32. The quantitative estimate of drug-likeness (QED) is 0.785. The van der Waals surface area contributed by atoms with Crippen LogP contribution in [0, 0.1) is 0 Å². The highest BCUT2D eigenvalue weighted by molar-refractivity contribution is 7.91. The van der Waals surface area contributed by atoms with Crippen molar-refractivity contribution in [3.63, 3.8) is 0 Å². The van der Waals surface area contributed by atoms with Gasteiger partial charge in [-0.1, -0.05) is 24.6 Å². The van der Waals surface area contributed by atoms with Crippen LogP contribution in [0.25, 0.3) is 0 Å². The molecule has 0 saturated heterocycles. The number of halogens is 1. The minimum absolute atomic E-state index is 0.0535. The zero-order valence-corrected chi connectivity index (χ0v) is 12.8. The van der Waals surface area contributed by atoms with Crippen LogP contribution in [0.15, 0.2) is 46.2 Å². The minimum Gasteiger partial charge on any atom is -0.455 e. The highest BCUT2D eigenvalue weighted by atomic mass is 35.5. The Labute approximate surface area is 127 Å². The van der Waals surface area contributed by atoms with Crippen molar-refractivity contribution in [3.05, 3.63) is 47.0 Å². The van der Waals surface area contributed by atoms with Gasteiger partial charge in [0.05, 0.1) is 0 Å². The smallest absolute Gasteiger partial charge is 0.214 e. The van der Waals surface area contributed by atoms with Gasteiger partial charge in [-0.25, -0.2) is 8.42 Å². The predicted molar refractivity (Wildman–Crippen MR) is 78.9 cm³/mol. The van der Waals surface area contributed by atoms with Crippen molar-refractivity contribution in [2.75, 3.05) is 6.61 Å². The highest BCUT2D eigenvalue weighted by Crippen LogP contribution is 2.44. The molecule has 0 fully saturated rings. The summed E-state index contributed by atoms with van der Waals surface area (Å²) in [5.41, 5.74) is 0.744. The van der Waals surface area contributed by atoms with Gasteiger partial charge in [0.2, 0.25) is 9.84 Å². The van der Waals surface area contributed by atoms with Gasteiger partial charge in [0, 0.05) is 17.5 Å². The van der Waals surface area contributed by atoms with Crippen molar-refractivity contribution in [1.29, 1.82) is 0 Å². The van der Waals surface area contributed by atoms with E-state index in [4.69, 9.17) is 16.3 Å². The molecule has 110 valence electrons. The van der Waals surface area contributed by atoms with Gasteiger partial charge in [-0.3, -0.25) is 0 Å². The third-order valence-corrected chi connectivity index (χ3v) is 5.55. The summed E-state index contributed by atoms with van der Waals surface area (Å²) in [6.45, 7) is 1.77. The van der Waals surface area contributed by atoms with Crippen LogP contribution >= 0.6 is 11.6 Å². The van der Waals surface area contributed by atoms with E-state index in [0.717, 1.165) is 5.56 Å². The molecule has 1 heterocycles. The molecule has 3 rings (SSSR count). The molecule has 1 aliphatic heterocycles. The van der Waals surface area contributed by atoms with Crippen molar-refractivity contribution in [3.8, 4) is 11.5 Å². The lowest BCUT2D eigenvalue weighted by atomic mass is 10.0. The summed E-state index contributed by atoms with van der Waals surface area (Å²) in [6.07, 6.45) is 0. The van der Waals surface area contributed by atoms with Gasteiger partial charge in [-0.2, -0.15) is 0 Å². The number of benzene rings is 2. The normalized spacial score (nSPS) is 16.5. The standard InChI is InChI=1S/C15H13ClO4S/c1-9(8-17)10-2-4-12-14(6-10)21(18,19)15-7-11(16)3-5-13(15)20-12/h2-7,9,17H,8H2,1H3. The van der Waals surface area contributed by atoms with Crippen molar-refractivity contribution in [2.45, 2.75) is 22.6 Å². The zero-order valence-electron chi connectivity index (χ0n) is 11.2. The van der Waals surface area contributed by atoms with E-state index in [1.807, 2.05) is 6.92 Å². The Morgan fingerprint density at radius 1 is 1.14 bits per heavy atom. The SMILES string of the molecule is CC(CO)c1ccc2c(c1)S(=O)(=O)c1cc(Cl)ccc1O2. The minimum atomic E-state index is -3.68. The second-order valence-corrected chi connectivity index (χ2v) is 7.31. The number of hydrogen-bond acceptors (Lipinski definition) is 4. The molecular formula is C15H13ClO4S. The summed E-state index contributed by atoms with van der Waals surface area (Å²) in [4.78, 5) is 0.173. The van der Waals surface area contributed by atoms with E-state index in [2.05, 4.69) is 0 Å². The molecular weight excluding hydrogens is 312 g/mol. The molecule has 1 N–H and O–H groups in total. The third-order valence-electron chi connectivity index (χ3n) is 3.52. The molecule has 0 spiro atoms. The van der Waals surface area contributed by atoms with Crippen molar-refractivity contribution >= 4 is 21.4 Å². The third kappa shape index (κ3) is 2.31. The molecule has 0 amide bonds. The summed E-state index contributed by atoms with van der Waals surface area (Å²) in [5.74, 6) is 0.417. The first kappa shape index (κ1) is 14.4. The van der Waals surface area contributed by atoms with Crippen molar-refractivity contribution < 1.29 is 18.3 Å². The van der Waals surface area contributed by atoms with Gasteiger partial charge < -0.3 is 9.84 Å². The lowest BCUT2D eigenvalue weighted by molar-refractivity contribution is 0.273. The van der Waals surface area contributed by atoms with Gasteiger partial charge in [-0.15, -0.1) is 0 Å². The topological polar surface area (TPSA) is 63.6 Å². The van der Waals surface area contributed by atoms with Crippen LogP contribution in [0.2, 0.25) is 5.02 Å². The lowest BCUT2D eigenvalue weighted by Gasteiger charge is -2.21. The van der Waals surface area contributed by atoms with Crippen molar-refractivity contribution in [1.82, 2.24) is 0 Å². The summed E-state index contributed by atoms with van der Waals surface area (Å²) in [7, 11) is -3.68. The Morgan fingerprint density at radius 3 is 2.43 bits per heavy atom. The molecule has 4 nitrogen and oxygen atoms in total. The van der Waals surface area contributed by atoms with E-state index < -0.39 is 9.84 Å². The molecule has 0 bridgehead atoms. The molecule has 0 saturated carbocycles. The maximum Gasteiger partial charge on any atom is 0.214 e. The number of ether oxygens (including phenoxy) is 1. The Bertz CT molecular complexity index is 814. The molecule has 0 radical (unpaired) electrons. The van der Waals surface area contributed by atoms with Crippen LogP contribution in [0.3, 0.4) is 0 Å². The first-order chi connectivity index (χ1) is 9.93. The fourth-order valence-electron chi connectivity index (χ4n) is 2.24. The predicted octanol–water partition coefficient (Wildman–Crippen LogP) is 3.37. The van der Waals surface area contributed by atoms with Crippen LogP contribution in [-0.2, 0) is 9.84 Å². The van der Waals surface area contributed by atoms with E-state index in [-0.39, 0.29) is 28.1 Å². The molecule has 21 heavy (non-hydrogen) atoms. The Balaban J connectivity index is 2.21. The van der Waals surface area contributed by atoms with Gasteiger partial charge in [-0.05, 0) is 35.9 Å². The summed E-state index contributed by atoms with van der Waals surface area (Å²) in [5, 5.41) is 9.56. The average molecular weight is 325 g/mol. The first-order valence-corrected chi connectivity index (χ1v) is 8.27. The number of hydrogen-bond donors (Lipinski definition) is 1. The molecule has 0 aliphatic carbocycles. The first-order valence-electron chi connectivity index (χ1n) is 6.41. The van der Waals surface area contributed by atoms with Gasteiger partial charge in [0.1, 0.15) is 21.3 Å². The van der Waals surface area contributed by atoms with Crippen LogP contribution < -0.4 is 4.74 Å². The summed E-state index contributed by atoms with van der Waals surface area (Å²) < 4.78 is 31.1. The van der Waals surface area contributed by atoms with E-state index in [0.29, 0.717) is 10.8 Å². The molecule has 1 aliphatic rings. The Kier molecular flexibility index (Phi) is 3.43. The largest absolute Gasteiger partial charge is 0.455 e. The van der Waals surface area contributed by atoms with Crippen LogP contribution in [0.1, 0.15) is 18.4 Å². The van der Waals surface area contributed by atoms with E-state index in [1.165, 1.54) is 6.07 Å². The number of fused-ring (bicyclic) bond motifs is 2. The van der Waals surface area contributed by atoms with Gasteiger partial charge in [0.15, 0.2) is 0 Å². The number of aliphatic hydroxyl groups excluding tert-OH is 1. The number of rotatable bonds is 2. The van der Waals surface area contributed by atoms with Gasteiger partial charge in [0.25, 0.3) is 0 Å². The molecule has 2 aromatic rings. The Morgan fingerprint density at radius 2 is 1.76 bits per heavy atom. The molecule has 1 unspecified atom stereocenters. The molecule has 2 aromatic carbocycles. The van der Waals surface area contributed by atoms with E-state index in [9.17, 15) is 13.5 Å². The maximum absolute atomic E-state index is 12.7. The second-order valence-electron chi connectivity index (χ2n) is 4.99. The maximum atomic E-state index is 12.7. The monoisotopic (exact) mass is 324 g/mol. The summed E-state index contributed by atoms with van der Waals surface area (Å²) in [6, 6.07) is 9.44. The van der Waals surface area contributed by atoms with Gasteiger partial charge >= 0.3 is 0 Å². The van der Waals surface area contributed by atoms with E-state index in [1.54, 1.807) is 30.3 Å². The van der Waals surface area contributed by atoms with Crippen LogP contribution in [0.5, 0.6) is 11.5 Å². The molecule has 6 heteroatoms. The number of sulfone groups is 1. The van der Waals surface area contributed by atoms with E-state index >= 15 is 0 Å². The van der Waals surface area contributed by atoms with Crippen LogP contribution in [0.4, 0.5) is 0 Å². The zero-order chi connectivity index (χ0) is 15.2. The molecule has 1 atom stereocenters. The average Bonchev–Trinajstić information content (AvgIpc) is 2.47. The Hall–Kier alpha value is -1.56. The second kappa shape index (κ2) is 5.02. The fraction of sp³-hybridized carbons (Fsp3) is 0.200. The van der Waals surface area contributed by atoms with Crippen LogP contribution in [-0.4, -0.2) is 20.1 Å².